The van der Waals surface area contributed by atoms with Gasteiger partial charge in [-0.25, -0.2) is 0 Å². The van der Waals surface area contributed by atoms with Gasteiger partial charge < -0.3 is 4.90 Å². The molecule has 1 aliphatic heterocycles. The number of carbonyl (C=O) groups excluding carboxylic acids is 1. The number of nitriles is 1. The highest BCUT2D eigenvalue weighted by Crippen LogP contribution is 2.24. The van der Waals surface area contributed by atoms with Gasteiger partial charge in [0, 0.05) is 12.5 Å². The largest absolute Gasteiger partial charge is 0.326 e. The van der Waals surface area contributed by atoms with Crippen molar-refractivity contribution in [3.63, 3.8) is 0 Å². The predicted octanol–water partition coefficient (Wildman–Crippen LogP) is 3.41. The second-order valence-corrected chi connectivity index (χ2v) is 5.64. The van der Waals surface area contributed by atoms with Crippen LogP contribution in [0.25, 0.3) is 11.1 Å². The molecule has 0 spiro atoms. The lowest BCUT2D eigenvalue weighted by Gasteiger charge is -2.22. The Bertz CT molecular complexity index is 686. The minimum atomic E-state index is 0.104. The molecule has 0 saturated carbocycles. The van der Waals surface area contributed by atoms with Gasteiger partial charge in [-0.15, -0.1) is 0 Å². The van der Waals surface area contributed by atoms with E-state index in [-0.39, 0.29) is 18.5 Å². The van der Waals surface area contributed by atoms with Crippen molar-refractivity contribution in [2.24, 2.45) is 0 Å². The molecular weight excluding hydrogens is 272 g/mol. The van der Waals surface area contributed by atoms with Crippen LogP contribution in [0.2, 0.25) is 0 Å². The zero-order valence-electron chi connectivity index (χ0n) is 12.4. The lowest BCUT2D eigenvalue weighted by atomic mass is 10.00. The molecule has 1 amide bonds. The molecule has 1 fully saturated rings. The molecule has 0 aliphatic carbocycles. The van der Waals surface area contributed by atoms with Gasteiger partial charge in [0.2, 0.25) is 5.91 Å². The van der Waals surface area contributed by atoms with E-state index < -0.39 is 0 Å². The zero-order chi connectivity index (χ0) is 15.4. The molecule has 2 aromatic rings. The molecule has 1 aliphatic rings. The van der Waals surface area contributed by atoms with Gasteiger partial charge in [0.25, 0.3) is 0 Å². The maximum Gasteiger partial charge on any atom is 0.223 e. The summed E-state index contributed by atoms with van der Waals surface area (Å²) in [6.07, 6.45) is 2.23. The normalized spacial score (nSPS) is 17.5. The van der Waals surface area contributed by atoms with Gasteiger partial charge >= 0.3 is 0 Å². The molecule has 1 unspecified atom stereocenters. The monoisotopic (exact) mass is 290 g/mol. The lowest BCUT2D eigenvalue weighted by Crippen LogP contribution is -2.34. The Labute approximate surface area is 130 Å². The summed E-state index contributed by atoms with van der Waals surface area (Å²) in [6.45, 7) is 0.200. The second kappa shape index (κ2) is 6.44. The van der Waals surface area contributed by atoms with Crippen LogP contribution >= 0.6 is 0 Å². The van der Waals surface area contributed by atoms with Crippen molar-refractivity contribution in [1.29, 1.82) is 5.26 Å². The molecule has 0 aromatic heterocycles. The van der Waals surface area contributed by atoms with Gasteiger partial charge in [-0.2, -0.15) is 5.26 Å². The molecule has 3 heteroatoms. The molecule has 0 N–H and O–H groups in total. The fourth-order valence-electron chi connectivity index (χ4n) is 3.03. The number of carbonyl (C=O) groups is 1. The minimum absolute atomic E-state index is 0.104. The summed E-state index contributed by atoms with van der Waals surface area (Å²) in [5, 5.41) is 8.85. The van der Waals surface area contributed by atoms with Gasteiger partial charge in [-0.3, -0.25) is 4.79 Å². The third-order valence-corrected chi connectivity index (χ3v) is 4.23. The van der Waals surface area contributed by atoms with E-state index in [4.69, 9.17) is 5.26 Å². The smallest absolute Gasteiger partial charge is 0.223 e. The van der Waals surface area contributed by atoms with E-state index in [1.165, 1.54) is 16.7 Å². The number of nitrogens with zero attached hydrogens (tertiary/aromatic N) is 2. The number of likely N-dealkylation sites (tertiary alicyclic amines) is 1. The Hall–Kier alpha value is -2.60. The molecule has 3 nitrogen and oxygen atoms in total. The number of rotatable bonds is 4. The van der Waals surface area contributed by atoms with Gasteiger partial charge in [0.05, 0.1) is 6.07 Å². The summed E-state index contributed by atoms with van der Waals surface area (Å²) in [6, 6.07) is 21.0. The number of hydrogen-bond donors (Lipinski definition) is 0. The SMILES string of the molecule is N#CCN1C(=O)CCC1Cc1ccc(-c2ccccc2)cc1. The molecule has 1 heterocycles. The van der Waals surface area contributed by atoms with Gasteiger partial charge in [-0.05, 0) is 29.5 Å². The summed E-state index contributed by atoms with van der Waals surface area (Å²) in [5.74, 6) is 0.104. The van der Waals surface area contributed by atoms with Crippen molar-refractivity contribution in [2.75, 3.05) is 6.54 Å². The van der Waals surface area contributed by atoms with Crippen molar-refractivity contribution in [3.8, 4) is 17.2 Å². The number of hydrogen-bond acceptors (Lipinski definition) is 2. The molecule has 1 atom stereocenters. The van der Waals surface area contributed by atoms with E-state index in [1.807, 2.05) is 18.2 Å². The van der Waals surface area contributed by atoms with Crippen molar-refractivity contribution in [3.05, 3.63) is 60.2 Å². The van der Waals surface area contributed by atoms with E-state index in [9.17, 15) is 4.79 Å². The van der Waals surface area contributed by atoms with Crippen LogP contribution in [0.4, 0.5) is 0 Å². The first-order valence-corrected chi connectivity index (χ1v) is 7.58. The molecule has 2 aromatic carbocycles. The number of benzene rings is 2. The Balaban J connectivity index is 1.71. The van der Waals surface area contributed by atoms with Gasteiger partial charge in [-0.1, -0.05) is 54.6 Å². The zero-order valence-corrected chi connectivity index (χ0v) is 12.4. The highest BCUT2D eigenvalue weighted by molar-refractivity contribution is 5.79. The van der Waals surface area contributed by atoms with Crippen LogP contribution in [0, 0.1) is 11.3 Å². The van der Waals surface area contributed by atoms with Crippen LogP contribution in [0.5, 0.6) is 0 Å². The highest BCUT2D eigenvalue weighted by atomic mass is 16.2. The topological polar surface area (TPSA) is 44.1 Å². The first kappa shape index (κ1) is 14.3. The average molecular weight is 290 g/mol. The van der Waals surface area contributed by atoms with Crippen molar-refractivity contribution in [2.45, 2.75) is 25.3 Å². The summed E-state index contributed by atoms with van der Waals surface area (Å²) in [7, 11) is 0. The summed E-state index contributed by atoms with van der Waals surface area (Å²) in [4.78, 5) is 13.5. The van der Waals surface area contributed by atoms with Crippen molar-refractivity contribution in [1.82, 2.24) is 4.90 Å². The quantitative estimate of drug-likeness (QED) is 0.810. The van der Waals surface area contributed by atoms with E-state index in [2.05, 4.69) is 42.5 Å². The standard InChI is InChI=1S/C19H18N2O/c20-12-13-21-18(10-11-19(21)22)14-15-6-8-17(9-7-15)16-4-2-1-3-5-16/h1-9,18H,10-11,13-14H2. The van der Waals surface area contributed by atoms with Crippen LogP contribution in [-0.2, 0) is 11.2 Å². The van der Waals surface area contributed by atoms with Crippen LogP contribution < -0.4 is 0 Å². The van der Waals surface area contributed by atoms with Crippen LogP contribution in [-0.4, -0.2) is 23.4 Å². The fourth-order valence-corrected chi connectivity index (χ4v) is 3.03. The Morgan fingerprint density at radius 1 is 1.05 bits per heavy atom. The van der Waals surface area contributed by atoms with Gasteiger partial charge in [0.15, 0.2) is 0 Å². The Morgan fingerprint density at radius 3 is 2.41 bits per heavy atom. The first-order chi connectivity index (χ1) is 10.8. The molecule has 3 rings (SSSR count). The summed E-state index contributed by atoms with van der Waals surface area (Å²) in [5.41, 5.74) is 3.61. The third kappa shape index (κ3) is 3.01. The maximum absolute atomic E-state index is 11.8. The highest BCUT2D eigenvalue weighted by Gasteiger charge is 2.30. The maximum atomic E-state index is 11.8. The number of amides is 1. The van der Waals surface area contributed by atoms with E-state index in [1.54, 1.807) is 4.90 Å². The Morgan fingerprint density at radius 2 is 1.73 bits per heavy atom. The lowest BCUT2D eigenvalue weighted by molar-refractivity contribution is -0.128. The van der Waals surface area contributed by atoms with Gasteiger partial charge in [0.1, 0.15) is 6.54 Å². The molecule has 110 valence electrons. The molecule has 1 saturated heterocycles. The van der Waals surface area contributed by atoms with Crippen molar-refractivity contribution >= 4 is 5.91 Å². The predicted molar refractivity (Wildman–Crippen MR) is 85.9 cm³/mol. The van der Waals surface area contributed by atoms with E-state index >= 15 is 0 Å². The third-order valence-electron chi connectivity index (χ3n) is 4.23. The average Bonchev–Trinajstić information content (AvgIpc) is 2.90. The van der Waals surface area contributed by atoms with Crippen LogP contribution in [0.1, 0.15) is 18.4 Å². The summed E-state index contributed by atoms with van der Waals surface area (Å²) >= 11 is 0. The van der Waals surface area contributed by atoms with Crippen LogP contribution in [0.3, 0.4) is 0 Å². The molecule has 0 radical (unpaired) electrons. The van der Waals surface area contributed by atoms with E-state index in [0.29, 0.717) is 6.42 Å². The molecule has 0 bridgehead atoms. The molecule has 22 heavy (non-hydrogen) atoms. The molecular formula is C19H18N2O. The second-order valence-electron chi connectivity index (χ2n) is 5.64. The van der Waals surface area contributed by atoms with E-state index in [0.717, 1.165) is 12.8 Å². The first-order valence-electron chi connectivity index (χ1n) is 7.58. The van der Waals surface area contributed by atoms with Crippen LogP contribution in [0.15, 0.2) is 54.6 Å². The van der Waals surface area contributed by atoms with Crippen molar-refractivity contribution < 1.29 is 4.79 Å². The minimum Gasteiger partial charge on any atom is -0.326 e. The summed E-state index contributed by atoms with van der Waals surface area (Å²) < 4.78 is 0. The Kier molecular flexibility index (Phi) is 4.20. The fraction of sp³-hybridized carbons (Fsp3) is 0.263.